The number of carbonyl (C=O) groups is 1. The van der Waals surface area contributed by atoms with E-state index in [-0.39, 0.29) is 11.6 Å². The third-order valence-corrected chi connectivity index (χ3v) is 5.26. The standard InChI is InChI=1S/C24H21ClN4O2/c1-15-6-5-7-19(14-15)29(24(31)26-18-12-10-17(25)11-13-18)16(2)22-27-21-9-4-3-8-20(21)23(30)28-22/h3-14,16H,1-2H3,(H,26,31)(H,27,28,30). The van der Waals surface area contributed by atoms with Gasteiger partial charge in [0.15, 0.2) is 0 Å². The highest BCUT2D eigenvalue weighted by molar-refractivity contribution is 6.30. The van der Waals surface area contributed by atoms with E-state index in [4.69, 9.17) is 11.6 Å². The number of aryl methyl sites for hydroxylation is 1. The molecule has 4 aromatic rings. The number of para-hydroxylation sites is 1. The largest absolute Gasteiger partial charge is 0.326 e. The Morgan fingerprint density at radius 3 is 2.55 bits per heavy atom. The Morgan fingerprint density at radius 2 is 1.81 bits per heavy atom. The van der Waals surface area contributed by atoms with Crippen LogP contribution in [0, 0.1) is 6.92 Å². The van der Waals surface area contributed by atoms with Gasteiger partial charge in [0.1, 0.15) is 5.82 Å². The molecule has 1 unspecified atom stereocenters. The summed E-state index contributed by atoms with van der Waals surface area (Å²) in [4.78, 5) is 34.9. The van der Waals surface area contributed by atoms with Gasteiger partial charge in [-0.05, 0) is 67.9 Å². The fourth-order valence-corrected chi connectivity index (χ4v) is 3.56. The Balaban J connectivity index is 1.75. The third kappa shape index (κ3) is 4.44. The number of halogens is 1. The van der Waals surface area contributed by atoms with Crippen molar-refractivity contribution in [1.82, 2.24) is 9.97 Å². The van der Waals surface area contributed by atoms with Crippen LogP contribution in [-0.2, 0) is 0 Å². The second-order valence-corrected chi connectivity index (χ2v) is 7.73. The fourth-order valence-electron chi connectivity index (χ4n) is 3.44. The molecule has 1 atom stereocenters. The summed E-state index contributed by atoms with van der Waals surface area (Å²) >= 11 is 5.95. The van der Waals surface area contributed by atoms with Crippen LogP contribution in [0.5, 0.6) is 0 Å². The number of nitrogens with zero attached hydrogens (tertiary/aromatic N) is 2. The average molecular weight is 433 g/mol. The molecule has 0 radical (unpaired) electrons. The van der Waals surface area contributed by atoms with Gasteiger partial charge in [-0.15, -0.1) is 0 Å². The lowest BCUT2D eigenvalue weighted by atomic mass is 10.1. The van der Waals surface area contributed by atoms with Crippen LogP contribution in [0.1, 0.15) is 24.4 Å². The van der Waals surface area contributed by atoms with Gasteiger partial charge in [-0.3, -0.25) is 9.69 Å². The minimum absolute atomic E-state index is 0.241. The first-order valence-electron chi connectivity index (χ1n) is 9.84. The van der Waals surface area contributed by atoms with Crippen LogP contribution >= 0.6 is 11.6 Å². The molecule has 1 heterocycles. The Bertz CT molecular complexity index is 1300. The van der Waals surface area contributed by atoms with Crippen molar-refractivity contribution in [2.45, 2.75) is 19.9 Å². The van der Waals surface area contributed by atoms with Crippen molar-refractivity contribution in [3.05, 3.63) is 99.6 Å². The smallest absolute Gasteiger partial charge is 0.308 e. The van der Waals surface area contributed by atoms with Crippen molar-refractivity contribution in [3.63, 3.8) is 0 Å². The molecular weight excluding hydrogens is 412 g/mol. The van der Waals surface area contributed by atoms with Gasteiger partial charge >= 0.3 is 6.03 Å². The first-order valence-corrected chi connectivity index (χ1v) is 10.2. The molecule has 0 aliphatic carbocycles. The summed E-state index contributed by atoms with van der Waals surface area (Å²) in [6, 6.07) is 20.7. The molecule has 2 amide bonds. The molecule has 0 saturated carbocycles. The number of aromatic amines is 1. The molecule has 1 aromatic heterocycles. The normalized spacial score (nSPS) is 11.8. The molecule has 3 aromatic carbocycles. The van der Waals surface area contributed by atoms with E-state index in [0.717, 1.165) is 5.56 Å². The van der Waals surface area contributed by atoms with Crippen LogP contribution in [0.4, 0.5) is 16.2 Å². The lowest BCUT2D eigenvalue weighted by molar-refractivity contribution is 0.255. The zero-order valence-corrected chi connectivity index (χ0v) is 17.9. The van der Waals surface area contributed by atoms with E-state index in [9.17, 15) is 9.59 Å². The third-order valence-electron chi connectivity index (χ3n) is 5.01. The molecule has 0 saturated heterocycles. The summed E-state index contributed by atoms with van der Waals surface area (Å²) in [6.07, 6.45) is 0. The van der Waals surface area contributed by atoms with Crippen LogP contribution < -0.4 is 15.8 Å². The predicted octanol–water partition coefficient (Wildman–Crippen LogP) is 5.68. The molecule has 0 aliphatic rings. The van der Waals surface area contributed by atoms with Crippen molar-refractivity contribution in [3.8, 4) is 0 Å². The van der Waals surface area contributed by atoms with Crippen LogP contribution in [0.2, 0.25) is 5.02 Å². The number of benzene rings is 3. The Labute approximate surface area is 184 Å². The van der Waals surface area contributed by atoms with Crippen LogP contribution in [0.25, 0.3) is 10.9 Å². The maximum absolute atomic E-state index is 13.3. The second-order valence-electron chi connectivity index (χ2n) is 7.29. The lowest BCUT2D eigenvalue weighted by Crippen LogP contribution is -2.38. The SMILES string of the molecule is Cc1cccc(N(C(=O)Nc2ccc(Cl)cc2)C(C)c2nc3ccccc3c(=O)[nH]2)c1. The Kier molecular flexibility index (Phi) is 5.73. The van der Waals surface area contributed by atoms with Crippen LogP contribution in [0.3, 0.4) is 0 Å². The van der Waals surface area contributed by atoms with Gasteiger partial charge in [0, 0.05) is 16.4 Å². The van der Waals surface area contributed by atoms with Gasteiger partial charge < -0.3 is 10.3 Å². The van der Waals surface area contributed by atoms with Gasteiger partial charge in [0.25, 0.3) is 5.56 Å². The molecular formula is C24H21ClN4O2. The topological polar surface area (TPSA) is 78.1 Å². The predicted molar refractivity (Wildman–Crippen MR) is 125 cm³/mol. The first kappa shape index (κ1) is 20.6. The zero-order chi connectivity index (χ0) is 22.0. The van der Waals surface area contributed by atoms with E-state index >= 15 is 0 Å². The van der Waals surface area contributed by atoms with E-state index in [1.165, 1.54) is 0 Å². The molecule has 6 nitrogen and oxygen atoms in total. The summed E-state index contributed by atoms with van der Waals surface area (Å²) in [5, 5.41) is 3.99. The summed E-state index contributed by atoms with van der Waals surface area (Å²) < 4.78 is 0. The second kappa shape index (κ2) is 8.62. The number of H-pyrrole nitrogens is 1. The molecule has 0 fully saturated rings. The molecule has 2 N–H and O–H groups in total. The van der Waals surface area contributed by atoms with Crippen molar-refractivity contribution >= 4 is 39.9 Å². The molecule has 4 rings (SSSR count). The quantitative estimate of drug-likeness (QED) is 0.435. The number of aromatic nitrogens is 2. The highest BCUT2D eigenvalue weighted by atomic mass is 35.5. The number of fused-ring (bicyclic) bond motifs is 1. The summed E-state index contributed by atoms with van der Waals surface area (Å²) in [7, 11) is 0. The van der Waals surface area contributed by atoms with Gasteiger partial charge in [-0.25, -0.2) is 9.78 Å². The van der Waals surface area contributed by atoms with E-state index in [2.05, 4.69) is 15.3 Å². The molecule has 156 valence electrons. The van der Waals surface area contributed by atoms with Crippen molar-refractivity contribution in [2.24, 2.45) is 0 Å². The minimum atomic E-state index is -0.536. The number of carbonyl (C=O) groups excluding carboxylic acids is 1. The summed E-state index contributed by atoms with van der Waals surface area (Å²) in [5.74, 6) is 0.400. The number of rotatable bonds is 4. The molecule has 0 aliphatic heterocycles. The molecule has 31 heavy (non-hydrogen) atoms. The molecule has 7 heteroatoms. The van der Waals surface area contributed by atoms with Crippen molar-refractivity contribution in [1.29, 1.82) is 0 Å². The number of anilines is 2. The first-order chi connectivity index (χ1) is 14.9. The van der Waals surface area contributed by atoms with Crippen LogP contribution in [0.15, 0.2) is 77.6 Å². The van der Waals surface area contributed by atoms with Gasteiger partial charge in [0.2, 0.25) is 0 Å². The summed E-state index contributed by atoms with van der Waals surface area (Å²) in [6.45, 7) is 3.79. The maximum atomic E-state index is 13.3. The molecule has 0 spiro atoms. The monoisotopic (exact) mass is 432 g/mol. The average Bonchev–Trinajstić information content (AvgIpc) is 2.75. The summed E-state index contributed by atoms with van der Waals surface area (Å²) in [5.41, 5.74) is 2.65. The number of hydrogen-bond donors (Lipinski definition) is 2. The van der Waals surface area contributed by atoms with Gasteiger partial charge in [-0.1, -0.05) is 35.9 Å². The Morgan fingerprint density at radius 1 is 1.06 bits per heavy atom. The van der Waals surface area contributed by atoms with Crippen molar-refractivity contribution in [2.75, 3.05) is 10.2 Å². The van der Waals surface area contributed by atoms with E-state index < -0.39 is 6.04 Å². The number of amides is 2. The van der Waals surface area contributed by atoms with E-state index in [0.29, 0.717) is 33.1 Å². The van der Waals surface area contributed by atoms with E-state index in [1.54, 1.807) is 47.4 Å². The highest BCUT2D eigenvalue weighted by Crippen LogP contribution is 2.27. The number of urea groups is 1. The van der Waals surface area contributed by atoms with E-state index in [1.807, 2.05) is 44.2 Å². The fraction of sp³-hybridized carbons (Fsp3) is 0.125. The van der Waals surface area contributed by atoms with Crippen LogP contribution in [-0.4, -0.2) is 16.0 Å². The van der Waals surface area contributed by atoms with Gasteiger partial charge in [-0.2, -0.15) is 0 Å². The van der Waals surface area contributed by atoms with Crippen molar-refractivity contribution < 1.29 is 4.79 Å². The number of nitrogens with one attached hydrogen (secondary N) is 2. The number of hydrogen-bond acceptors (Lipinski definition) is 3. The lowest BCUT2D eigenvalue weighted by Gasteiger charge is -2.29. The maximum Gasteiger partial charge on any atom is 0.326 e. The molecule has 0 bridgehead atoms. The highest BCUT2D eigenvalue weighted by Gasteiger charge is 2.26. The minimum Gasteiger partial charge on any atom is -0.308 e. The van der Waals surface area contributed by atoms with Gasteiger partial charge in [0.05, 0.1) is 16.9 Å². The zero-order valence-electron chi connectivity index (χ0n) is 17.1. The Hall–Kier alpha value is -3.64.